The Labute approximate surface area is 144 Å². The maximum absolute atomic E-state index is 9.44. The molecule has 3 aromatic rings. The van der Waals surface area contributed by atoms with Crippen LogP contribution in [0.2, 0.25) is 5.02 Å². The van der Waals surface area contributed by atoms with E-state index in [0.29, 0.717) is 10.6 Å². The summed E-state index contributed by atoms with van der Waals surface area (Å²) in [5.74, 6) is 0. The highest BCUT2D eigenvalue weighted by Gasteiger charge is 2.09. The molecule has 112 valence electrons. The van der Waals surface area contributed by atoms with Crippen LogP contribution in [-0.4, -0.2) is 4.98 Å². The van der Waals surface area contributed by atoms with Crippen molar-refractivity contribution in [1.82, 2.24) is 4.98 Å². The molecule has 4 heteroatoms. The second-order valence-corrected chi connectivity index (χ2v) is 6.42. The van der Waals surface area contributed by atoms with Gasteiger partial charge in [-0.3, -0.25) is 0 Å². The Kier molecular flexibility index (Phi) is 4.57. The largest absolute Gasteiger partial charge is 0.235 e. The predicted molar refractivity (Wildman–Crippen MR) is 97.2 cm³/mol. The van der Waals surface area contributed by atoms with Gasteiger partial charge in [-0.15, -0.1) is 11.3 Å². The summed E-state index contributed by atoms with van der Waals surface area (Å²) < 4.78 is 0. The fraction of sp³-hybridized carbons (Fsp3) is 0.0526. The number of rotatable bonds is 3. The van der Waals surface area contributed by atoms with E-state index in [1.165, 1.54) is 16.9 Å². The fourth-order valence-corrected chi connectivity index (χ4v) is 3.04. The molecular formula is C19H13ClN2S. The molecule has 0 atom stereocenters. The Bertz CT molecular complexity index is 884. The smallest absolute Gasteiger partial charge is 0.134 e. The number of thiazole rings is 1. The lowest BCUT2D eigenvalue weighted by molar-refractivity contribution is 1.37. The van der Waals surface area contributed by atoms with Gasteiger partial charge >= 0.3 is 0 Å². The molecule has 0 aliphatic heterocycles. The predicted octanol–water partition coefficient (Wildman–Crippen LogP) is 5.84. The normalized spacial score (nSPS) is 11.3. The van der Waals surface area contributed by atoms with Crippen molar-refractivity contribution in [2.24, 2.45) is 0 Å². The van der Waals surface area contributed by atoms with E-state index in [0.717, 1.165) is 21.8 Å². The zero-order chi connectivity index (χ0) is 16.2. The average Bonchev–Trinajstić information content (AvgIpc) is 3.05. The molecule has 1 aromatic heterocycles. The summed E-state index contributed by atoms with van der Waals surface area (Å²) in [4.78, 5) is 4.58. The van der Waals surface area contributed by atoms with Crippen LogP contribution in [0.3, 0.4) is 0 Å². The molecule has 0 fully saturated rings. The first-order valence-corrected chi connectivity index (χ1v) is 8.32. The van der Waals surface area contributed by atoms with E-state index in [9.17, 15) is 5.26 Å². The minimum Gasteiger partial charge on any atom is -0.235 e. The molecule has 0 saturated heterocycles. The minimum absolute atomic E-state index is 0.569. The topological polar surface area (TPSA) is 36.7 Å². The van der Waals surface area contributed by atoms with Gasteiger partial charge in [0.25, 0.3) is 0 Å². The molecule has 0 spiro atoms. The molecule has 3 rings (SSSR count). The van der Waals surface area contributed by atoms with Crippen LogP contribution in [0.1, 0.15) is 16.1 Å². The van der Waals surface area contributed by atoms with Gasteiger partial charge in [0.15, 0.2) is 0 Å². The quantitative estimate of drug-likeness (QED) is 0.564. The number of allylic oxidation sites excluding steroid dienone is 1. The van der Waals surface area contributed by atoms with Crippen LogP contribution in [0.25, 0.3) is 22.9 Å². The van der Waals surface area contributed by atoms with Crippen LogP contribution >= 0.6 is 22.9 Å². The first kappa shape index (κ1) is 15.5. The van der Waals surface area contributed by atoms with E-state index in [1.54, 1.807) is 0 Å². The van der Waals surface area contributed by atoms with E-state index in [4.69, 9.17) is 11.6 Å². The number of halogens is 1. The Morgan fingerprint density at radius 1 is 1.13 bits per heavy atom. The Hall–Kier alpha value is -2.41. The highest BCUT2D eigenvalue weighted by atomic mass is 35.5. The molecule has 0 unspecified atom stereocenters. The van der Waals surface area contributed by atoms with E-state index in [-0.39, 0.29) is 0 Å². The van der Waals surface area contributed by atoms with Gasteiger partial charge in [-0.25, -0.2) is 4.98 Å². The van der Waals surface area contributed by atoms with Gasteiger partial charge in [-0.05, 0) is 30.7 Å². The number of nitriles is 1. The molecule has 2 aromatic carbocycles. The van der Waals surface area contributed by atoms with E-state index in [1.807, 2.05) is 66.9 Å². The Balaban J connectivity index is 1.92. The molecular weight excluding hydrogens is 324 g/mol. The van der Waals surface area contributed by atoms with Crippen LogP contribution in [0, 0.1) is 18.3 Å². The molecule has 0 amide bonds. The van der Waals surface area contributed by atoms with Crippen molar-refractivity contribution in [2.75, 3.05) is 0 Å². The van der Waals surface area contributed by atoms with Gasteiger partial charge in [0.1, 0.15) is 11.1 Å². The van der Waals surface area contributed by atoms with Crippen molar-refractivity contribution in [3.05, 3.63) is 75.1 Å². The minimum atomic E-state index is 0.569. The first-order chi connectivity index (χ1) is 11.2. The first-order valence-electron chi connectivity index (χ1n) is 7.06. The fourth-order valence-electron chi connectivity index (χ4n) is 2.12. The Morgan fingerprint density at radius 3 is 2.48 bits per heavy atom. The molecule has 0 saturated carbocycles. The average molecular weight is 337 g/mol. The van der Waals surface area contributed by atoms with Gasteiger partial charge in [-0.2, -0.15) is 5.26 Å². The molecule has 23 heavy (non-hydrogen) atoms. The van der Waals surface area contributed by atoms with Gasteiger partial charge in [-0.1, -0.05) is 53.6 Å². The van der Waals surface area contributed by atoms with E-state index >= 15 is 0 Å². The summed E-state index contributed by atoms with van der Waals surface area (Å²) in [7, 11) is 0. The molecule has 0 radical (unpaired) electrons. The number of nitrogens with zero attached hydrogens (tertiary/aromatic N) is 2. The van der Waals surface area contributed by atoms with Crippen molar-refractivity contribution in [2.45, 2.75) is 6.92 Å². The lowest BCUT2D eigenvalue weighted by Gasteiger charge is -1.98. The van der Waals surface area contributed by atoms with Crippen molar-refractivity contribution < 1.29 is 0 Å². The molecule has 0 N–H and O–H groups in total. The molecule has 2 nitrogen and oxygen atoms in total. The standard InChI is InChI=1S/C19H13ClN2S/c1-13-2-4-14(5-3-13)10-16(11-21)19-22-18(12-23-19)15-6-8-17(20)9-7-15/h2-10,12H,1H3/b16-10+. The van der Waals surface area contributed by atoms with Crippen molar-refractivity contribution in [1.29, 1.82) is 5.26 Å². The maximum Gasteiger partial charge on any atom is 0.134 e. The summed E-state index contributed by atoms with van der Waals surface area (Å²) in [6.45, 7) is 2.04. The zero-order valence-corrected chi connectivity index (χ0v) is 14.0. The van der Waals surface area contributed by atoms with Crippen molar-refractivity contribution in [3.8, 4) is 17.3 Å². The lowest BCUT2D eigenvalue weighted by atomic mass is 10.1. The highest BCUT2D eigenvalue weighted by Crippen LogP contribution is 2.28. The van der Waals surface area contributed by atoms with E-state index < -0.39 is 0 Å². The number of hydrogen-bond acceptors (Lipinski definition) is 3. The zero-order valence-electron chi connectivity index (χ0n) is 12.5. The number of aromatic nitrogens is 1. The van der Waals surface area contributed by atoms with Gasteiger partial charge in [0.05, 0.1) is 11.3 Å². The van der Waals surface area contributed by atoms with E-state index in [2.05, 4.69) is 11.1 Å². The molecule has 1 heterocycles. The summed E-state index contributed by atoms with van der Waals surface area (Å²) in [5, 5.41) is 12.8. The SMILES string of the molecule is Cc1ccc(/C=C(\C#N)c2nc(-c3ccc(Cl)cc3)cs2)cc1. The summed E-state index contributed by atoms with van der Waals surface area (Å²) in [6, 6.07) is 17.8. The van der Waals surface area contributed by atoms with Gasteiger partial charge in [0, 0.05) is 16.0 Å². The van der Waals surface area contributed by atoms with Crippen molar-refractivity contribution in [3.63, 3.8) is 0 Å². The highest BCUT2D eigenvalue weighted by molar-refractivity contribution is 7.11. The number of aryl methyl sites for hydroxylation is 1. The monoisotopic (exact) mass is 336 g/mol. The van der Waals surface area contributed by atoms with Crippen LogP contribution < -0.4 is 0 Å². The van der Waals surface area contributed by atoms with Crippen molar-refractivity contribution >= 4 is 34.6 Å². The molecule has 0 bridgehead atoms. The number of hydrogen-bond donors (Lipinski definition) is 0. The summed E-state index contributed by atoms with van der Waals surface area (Å²) in [6.07, 6.45) is 1.86. The molecule has 0 aliphatic carbocycles. The third kappa shape index (κ3) is 3.68. The summed E-state index contributed by atoms with van der Waals surface area (Å²) >= 11 is 7.38. The van der Waals surface area contributed by atoms with Crippen LogP contribution in [0.5, 0.6) is 0 Å². The second kappa shape index (κ2) is 6.78. The lowest BCUT2D eigenvalue weighted by Crippen LogP contribution is -1.83. The third-order valence-corrected chi connectivity index (χ3v) is 4.51. The summed E-state index contributed by atoms with van der Waals surface area (Å²) in [5.41, 5.74) is 4.60. The van der Waals surface area contributed by atoms with Crippen LogP contribution in [0.15, 0.2) is 53.9 Å². The third-order valence-electron chi connectivity index (χ3n) is 3.38. The van der Waals surface area contributed by atoms with Gasteiger partial charge < -0.3 is 0 Å². The second-order valence-electron chi connectivity index (χ2n) is 5.13. The van der Waals surface area contributed by atoms with Crippen LogP contribution in [-0.2, 0) is 0 Å². The van der Waals surface area contributed by atoms with Crippen LogP contribution in [0.4, 0.5) is 0 Å². The Morgan fingerprint density at radius 2 is 1.83 bits per heavy atom. The maximum atomic E-state index is 9.44. The molecule has 0 aliphatic rings. The van der Waals surface area contributed by atoms with Gasteiger partial charge in [0.2, 0.25) is 0 Å². The number of benzene rings is 2.